The third-order valence-corrected chi connectivity index (χ3v) is 5.34. The lowest BCUT2D eigenvalue weighted by atomic mass is 9.73. The van der Waals surface area contributed by atoms with Gasteiger partial charge >= 0.3 is 8.60 Å². The number of hydrogen-bond acceptors (Lipinski definition) is 4. The molecule has 0 heterocycles. The number of aliphatic hydroxyl groups is 1. The average molecular weight is 356 g/mol. The zero-order valence-electron chi connectivity index (χ0n) is 15.3. The molecule has 0 aromatic heterocycles. The summed E-state index contributed by atoms with van der Waals surface area (Å²) < 4.78 is 11.0. The number of benzene rings is 1. The van der Waals surface area contributed by atoms with E-state index in [-0.39, 0.29) is 0 Å². The van der Waals surface area contributed by atoms with Crippen molar-refractivity contribution in [3.8, 4) is 0 Å². The molecule has 0 spiro atoms. The average Bonchev–Trinajstić information content (AvgIpc) is 2.63. The van der Waals surface area contributed by atoms with Crippen LogP contribution in [0.1, 0.15) is 71.0 Å². The lowest BCUT2D eigenvalue weighted by Gasteiger charge is -2.37. The van der Waals surface area contributed by atoms with Crippen LogP contribution in [0.15, 0.2) is 30.3 Å². The van der Waals surface area contributed by atoms with E-state index >= 15 is 0 Å². The zero-order valence-corrected chi connectivity index (χ0v) is 16.2. The molecule has 0 saturated carbocycles. The van der Waals surface area contributed by atoms with Gasteiger partial charge in [-0.05, 0) is 24.8 Å². The molecule has 0 aliphatic heterocycles. The van der Waals surface area contributed by atoms with Gasteiger partial charge in [0, 0.05) is 5.41 Å². The van der Waals surface area contributed by atoms with Crippen molar-refractivity contribution in [1.29, 1.82) is 0 Å². The number of unbranched alkanes of at least 4 members (excludes halogenated alkanes) is 2. The molecule has 4 nitrogen and oxygen atoms in total. The van der Waals surface area contributed by atoms with Gasteiger partial charge in [0.1, 0.15) is 0 Å². The maximum absolute atomic E-state index is 11.0. The fourth-order valence-electron chi connectivity index (χ4n) is 2.79. The molecule has 0 radical (unpaired) electrons. The highest BCUT2D eigenvalue weighted by molar-refractivity contribution is 7.40. The Morgan fingerprint density at radius 1 is 1.04 bits per heavy atom. The summed E-state index contributed by atoms with van der Waals surface area (Å²) >= 11 is 0. The third-order valence-electron chi connectivity index (χ3n) is 4.59. The van der Waals surface area contributed by atoms with Crippen LogP contribution in [-0.2, 0) is 9.05 Å². The van der Waals surface area contributed by atoms with Gasteiger partial charge in [-0.2, -0.15) is 0 Å². The maximum Gasteiger partial charge on any atom is 0.329 e. The molecule has 3 atom stereocenters. The number of rotatable bonds is 13. The van der Waals surface area contributed by atoms with Crippen LogP contribution in [0.2, 0.25) is 0 Å². The topological polar surface area (TPSA) is 58.9 Å². The smallest absolute Gasteiger partial charge is 0.329 e. The predicted molar refractivity (Wildman–Crippen MR) is 99.6 cm³/mol. The zero-order chi connectivity index (χ0) is 17.8. The van der Waals surface area contributed by atoms with E-state index in [1.165, 1.54) is 0 Å². The fraction of sp³-hybridized carbons (Fsp3) is 0.684. The summed E-state index contributed by atoms with van der Waals surface area (Å²) in [5.41, 5.74) is 0.489. The standard InChI is InChI=1S/C19H33O4P/c1-4-7-14-19(6-3,16-23-24(21)22-15-8-5-2)18(20)17-12-10-9-11-13-17/h9-13,18,20-21H,4-8,14-16H2,1-3H3. The van der Waals surface area contributed by atoms with Crippen LogP contribution in [-0.4, -0.2) is 23.2 Å². The molecular weight excluding hydrogens is 323 g/mol. The highest BCUT2D eigenvalue weighted by Crippen LogP contribution is 2.45. The fourth-order valence-corrected chi connectivity index (χ4v) is 3.51. The van der Waals surface area contributed by atoms with Crippen molar-refractivity contribution in [2.24, 2.45) is 5.41 Å². The third kappa shape index (κ3) is 6.78. The first-order valence-corrected chi connectivity index (χ1v) is 10.2. The van der Waals surface area contributed by atoms with E-state index in [1.54, 1.807) is 0 Å². The largest absolute Gasteiger partial charge is 0.388 e. The van der Waals surface area contributed by atoms with Gasteiger partial charge in [-0.1, -0.05) is 70.4 Å². The van der Waals surface area contributed by atoms with E-state index in [9.17, 15) is 10.00 Å². The van der Waals surface area contributed by atoms with E-state index in [1.807, 2.05) is 30.3 Å². The molecule has 1 rings (SSSR count). The minimum Gasteiger partial charge on any atom is -0.388 e. The van der Waals surface area contributed by atoms with E-state index in [4.69, 9.17) is 9.05 Å². The monoisotopic (exact) mass is 356 g/mol. The minimum absolute atomic E-state index is 0.299. The van der Waals surface area contributed by atoms with Gasteiger partial charge in [0.25, 0.3) is 0 Å². The summed E-state index contributed by atoms with van der Waals surface area (Å²) in [5, 5.41) is 11.0. The first-order chi connectivity index (χ1) is 11.6. The molecule has 0 aliphatic rings. The normalized spacial score (nSPS) is 16.5. The number of aliphatic hydroxyl groups excluding tert-OH is 1. The highest BCUT2D eigenvalue weighted by atomic mass is 31.2. The molecule has 24 heavy (non-hydrogen) atoms. The van der Waals surface area contributed by atoms with Crippen molar-refractivity contribution in [1.82, 2.24) is 0 Å². The molecular formula is C19H33O4P. The van der Waals surface area contributed by atoms with Crippen LogP contribution in [0.25, 0.3) is 0 Å². The van der Waals surface area contributed by atoms with Crippen molar-refractivity contribution in [3.05, 3.63) is 35.9 Å². The molecule has 2 N–H and O–H groups in total. The van der Waals surface area contributed by atoms with Crippen molar-refractivity contribution in [2.75, 3.05) is 13.2 Å². The first-order valence-electron chi connectivity index (χ1n) is 9.07. The second-order valence-corrected chi connectivity index (χ2v) is 7.32. The summed E-state index contributed by atoms with van der Waals surface area (Å²) in [5.74, 6) is 0. The van der Waals surface area contributed by atoms with E-state index in [0.717, 1.165) is 44.1 Å². The summed E-state index contributed by atoms with van der Waals surface area (Å²) in [6.45, 7) is 7.10. The Hall–Kier alpha value is -0.510. The molecule has 138 valence electrons. The van der Waals surface area contributed by atoms with Crippen LogP contribution in [0.4, 0.5) is 0 Å². The van der Waals surface area contributed by atoms with Gasteiger partial charge < -0.3 is 19.0 Å². The quantitative estimate of drug-likeness (QED) is 0.369. The molecule has 1 aromatic carbocycles. The highest BCUT2D eigenvalue weighted by Gasteiger charge is 2.38. The Morgan fingerprint density at radius 2 is 1.71 bits per heavy atom. The second kappa shape index (κ2) is 11.9. The Balaban J connectivity index is 2.77. The first kappa shape index (κ1) is 21.5. The molecule has 5 heteroatoms. The lowest BCUT2D eigenvalue weighted by molar-refractivity contribution is -0.0269. The van der Waals surface area contributed by atoms with Crippen molar-refractivity contribution >= 4 is 8.60 Å². The van der Waals surface area contributed by atoms with Crippen LogP contribution in [0.3, 0.4) is 0 Å². The van der Waals surface area contributed by atoms with E-state index < -0.39 is 20.1 Å². The summed E-state index contributed by atoms with van der Waals surface area (Å²) in [4.78, 5) is 9.95. The van der Waals surface area contributed by atoms with E-state index in [0.29, 0.717) is 13.2 Å². The van der Waals surface area contributed by atoms with Gasteiger partial charge in [-0.3, -0.25) is 0 Å². The van der Waals surface area contributed by atoms with E-state index in [2.05, 4.69) is 20.8 Å². The van der Waals surface area contributed by atoms with Crippen molar-refractivity contribution < 1.29 is 19.0 Å². The second-order valence-electron chi connectivity index (χ2n) is 6.33. The van der Waals surface area contributed by atoms with Crippen LogP contribution < -0.4 is 0 Å². The summed E-state index contributed by atoms with van der Waals surface area (Å²) in [7, 11) is -1.88. The van der Waals surface area contributed by atoms with Gasteiger partial charge in [-0.15, -0.1) is 0 Å². The predicted octanol–water partition coefficient (Wildman–Crippen LogP) is 5.36. The van der Waals surface area contributed by atoms with Gasteiger partial charge in [0.2, 0.25) is 0 Å². The Bertz CT molecular complexity index is 429. The van der Waals surface area contributed by atoms with Crippen molar-refractivity contribution in [2.45, 2.75) is 65.4 Å². The maximum atomic E-state index is 11.0. The van der Waals surface area contributed by atoms with Gasteiger partial charge in [0.05, 0.1) is 19.3 Å². The summed E-state index contributed by atoms with van der Waals surface area (Å²) in [6.07, 6.45) is 5.02. The van der Waals surface area contributed by atoms with Crippen molar-refractivity contribution in [3.63, 3.8) is 0 Å². The van der Waals surface area contributed by atoms with Gasteiger partial charge in [-0.25, -0.2) is 0 Å². The molecule has 0 fully saturated rings. The minimum atomic E-state index is -1.88. The lowest BCUT2D eigenvalue weighted by Crippen LogP contribution is -2.33. The Labute approximate surface area is 148 Å². The molecule has 0 bridgehead atoms. The molecule has 0 saturated heterocycles. The van der Waals surface area contributed by atoms with Crippen LogP contribution in [0.5, 0.6) is 0 Å². The molecule has 0 amide bonds. The van der Waals surface area contributed by atoms with Crippen LogP contribution >= 0.6 is 8.60 Å². The number of hydrogen-bond donors (Lipinski definition) is 2. The van der Waals surface area contributed by atoms with Crippen LogP contribution in [0, 0.1) is 5.41 Å². The molecule has 0 aliphatic carbocycles. The Morgan fingerprint density at radius 3 is 2.29 bits per heavy atom. The molecule has 3 unspecified atom stereocenters. The summed E-state index contributed by atoms with van der Waals surface area (Å²) in [6, 6.07) is 9.71. The Kier molecular flexibility index (Phi) is 10.7. The SMILES string of the molecule is CCCCOP(O)OCC(CC)(CCCC)C(O)c1ccccc1. The van der Waals surface area contributed by atoms with Gasteiger partial charge in [0.15, 0.2) is 0 Å². The molecule has 1 aromatic rings.